The van der Waals surface area contributed by atoms with Crippen molar-refractivity contribution in [1.82, 2.24) is 9.88 Å². The third kappa shape index (κ3) is 4.27. The van der Waals surface area contributed by atoms with Crippen molar-refractivity contribution in [3.05, 3.63) is 27.7 Å². The van der Waals surface area contributed by atoms with Gasteiger partial charge in [-0.25, -0.2) is 4.98 Å². The van der Waals surface area contributed by atoms with Crippen LogP contribution in [0.5, 0.6) is 0 Å². The Hall–Kier alpha value is -1.47. The minimum atomic E-state index is -0.892. The van der Waals surface area contributed by atoms with E-state index < -0.39 is 11.9 Å². The number of carbonyl (C=O) groups is 2. The molecule has 2 rings (SSSR count). The summed E-state index contributed by atoms with van der Waals surface area (Å²) in [6.45, 7) is 1.82. The molecule has 0 saturated carbocycles. The van der Waals surface area contributed by atoms with Crippen molar-refractivity contribution in [2.24, 2.45) is 5.92 Å². The molecular weight excluding hydrogens is 368 g/mol. The first kappa shape index (κ1) is 16.9. The van der Waals surface area contributed by atoms with Crippen LogP contribution in [0.25, 0.3) is 10.2 Å². The first-order chi connectivity index (χ1) is 10.4. The number of hydrogen-bond acceptors (Lipinski definition) is 4. The number of carboxylic acid groups (broad SMARTS) is 1. The van der Waals surface area contributed by atoms with Gasteiger partial charge in [0.15, 0.2) is 0 Å². The first-order valence-electron chi connectivity index (χ1n) is 6.88. The molecule has 0 aliphatic heterocycles. The summed E-state index contributed by atoms with van der Waals surface area (Å²) in [7, 11) is 1.64. The highest BCUT2D eigenvalue weighted by Gasteiger charge is 2.17. The van der Waals surface area contributed by atoms with Crippen molar-refractivity contribution in [1.29, 1.82) is 0 Å². The number of fused-ring (bicyclic) bond motifs is 1. The molecule has 0 saturated heterocycles. The first-order valence-corrected chi connectivity index (χ1v) is 8.49. The molecule has 0 bridgehead atoms. The van der Waals surface area contributed by atoms with Crippen LogP contribution in [0.2, 0.25) is 0 Å². The van der Waals surface area contributed by atoms with Crippen LogP contribution < -0.4 is 0 Å². The lowest BCUT2D eigenvalue weighted by Gasteiger charge is -2.19. The minimum Gasteiger partial charge on any atom is -0.481 e. The maximum absolute atomic E-state index is 12.0. The molecule has 5 nitrogen and oxygen atoms in total. The highest BCUT2D eigenvalue weighted by Crippen LogP contribution is 2.25. The Morgan fingerprint density at radius 3 is 2.86 bits per heavy atom. The molecule has 1 N–H and O–H groups in total. The van der Waals surface area contributed by atoms with Crippen LogP contribution >= 0.6 is 27.3 Å². The fourth-order valence-electron chi connectivity index (χ4n) is 2.05. The summed E-state index contributed by atoms with van der Waals surface area (Å²) >= 11 is 5.00. The molecule has 0 aliphatic rings. The van der Waals surface area contributed by atoms with E-state index in [2.05, 4.69) is 20.9 Å². The zero-order valence-corrected chi connectivity index (χ0v) is 14.8. The lowest BCUT2D eigenvalue weighted by Crippen LogP contribution is -2.33. The molecule has 1 heterocycles. The number of rotatable bonds is 6. The molecule has 0 aliphatic carbocycles. The van der Waals surface area contributed by atoms with Crippen molar-refractivity contribution >= 4 is 49.4 Å². The SMILES string of the molecule is CC(CN(C)C(=O)CCc1nc2cc(Br)ccc2s1)C(=O)O. The van der Waals surface area contributed by atoms with Gasteiger partial charge in [-0.1, -0.05) is 22.9 Å². The van der Waals surface area contributed by atoms with Crippen LogP contribution in [0.4, 0.5) is 0 Å². The van der Waals surface area contributed by atoms with Crippen LogP contribution in [0, 0.1) is 5.92 Å². The standard InChI is InChI=1S/C15H17BrN2O3S/c1-9(15(20)21)8-18(2)14(19)6-5-13-17-11-7-10(16)3-4-12(11)22-13/h3-4,7,9H,5-6,8H2,1-2H3,(H,20,21). The molecule has 0 spiro atoms. The van der Waals surface area contributed by atoms with Crippen LogP contribution in [-0.2, 0) is 16.0 Å². The van der Waals surface area contributed by atoms with Crippen molar-refractivity contribution in [2.45, 2.75) is 19.8 Å². The van der Waals surface area contributed by atoms with Crippen LogP contribution in [0.1, 0.15) is 18.4 Å². The van der Waals surface area contributed by atoms with E-state index in [1.807, 2.05) is 18.2 Å². The van der Waals surface area contributed by atoms with Crippen molar-refractivity contribution < 1.29 is 14.7 Å². The van der Waals surface area contributed by atoms with E-state index in [1.165, 1.54) is 4.90 Å². The zero-order chi connectivity index (χ0) is 16.3. The molecule has 118 valence electrons. The number of thiazole rings is 1. The molecule has 1 aromatic heterocycles. The third-order valence-electron chi connectivity index (χ3n) is 3.34. The van der Waals surface area contributed by atoms with Gasteiger partial charge < -0.3 is 10.0 Å². The summed E-state index contributed by atoms with van der Waals surface area (Å²) in [5.74, 6) is -1.52. The quantitative estimate of drug-likeness (QED) is 0.829. The van der Waals surface area contributed by atoms with E-state index in [1.54, 1.807) is 25.3 Å². The number of benzene rings is 1. The van der Waals surface area contributed by atoms with Gasteiger partial charge in [-0.2, -0.15) is 0 Å². The molecule has 1 atom stereocenters. The highest BCUT2D eigenvalue weighted by molar-refractivity contribution is 9.10. The Labute approximate surface area is 141 Å². The number of aryl methyl sites for hydroxylation is 1. The van der Waals surface area contributed by atoms with Gasteiger partial charge in [0, 0.05) is 30.9 Å². The van der Waals surface area contributed by atoms with E-state index in [4.69, 9.17) is 5.11 Å². The predicted octanol–water partition coefficient (Wildman–Crippen LogP) is 3.17. The average Bonchev–Trinajstić information content (AvgIpc) is 2.86. The van der Waals surface area contributed by atoms with Crippen LogP contribution in [0.3, 0.4) is 0 Å². The maximum atomic E-state index is 12.0. The molecule has 1 amide bonds. The topological polar surface area (TPSA) is 70.5 Å². The van der Waals surface area contributed by atoms with Gasteiger partial charge in [-0.15, -0.1) is 11.3 Å². The molecular formula is C15H17BrN2O3S. The lowest BCUT2D eigenvalue weighted by atomic mass is 10.1. The van der Waals surface area contributed by atoms with Gasteiger partial charge in [-0.3, -0.25) is 9.59 Å². The van der Waals surface area contributed by atoms with E-state index >= 15 is 0 Å². The summed E-state index contributed by atoms with van der Waals surface area (Å²) in [6.07, 6.45) is 0.908. The molecule has 2 aromatic rings. The molecule has 0 fully saturated rings. The summed E-state index contributed by atoms with van der Waals surface area (Å²) in [4.78, 5) is 28.9. The number of hydrogen-bond donors (Lipinski definition) is 1. The molecule has 22 heavy (non-hydrogen) atoms. The fourth-order valence-corrected chi connectivity index (χ4v) is 3.35. The van der Waals surface area contributed by atoms with Gasteiger partial charge in [0.1, 0.15) is 0 Å². The van der Waals surface area contributed by atoms with Gasteiger partial charge in [0.05, 0.1) is 21.1 Å². The van der Waals surface area contributed by atoms with Gasteiger partial charge in [0.2, 0.25) is 5.91 Å². The Bertz CT molecular complexity index is 701. The van der Waals surface area contributed by atoms with E-state index in [-0.39, 0.29) is 12.5 Å². The number of aromatic nitrogens is 1. The smallest absolute Gasteiger partial charge is 0.308 e. The summed E-state index contributed by atoms with van der Waals surface area (Å²) < 4.78 is 2.08. The van der Waals surface area contributed by atoms with E-state index in [0.717, 1.165) is 19.7 Å². The highest BCUT2D eigenvalue weighted by atomic mass is 79.9. The number of nitrogens with zero attached hydrogens (tertiary/aromatic N) is 2. The summed E-state index contributed by atoms with van der Waals surface area (Å²) in [5.41, 5.74) is 0.926. The van der Waals surface area contributed by atoms with Crippen molar-refractivity contribution in [2.75, 3.05) is 13.6 Å². The van der Waals surface area contributed by atoms with Crippen LogP contribution in [0.15, 0.2) is 22.7 Å². The normalized spacial score (nSPS) is 12.3. The van der Waals surface area contributed by atoms with Gasteiger partial charge >= 0.3 is 5.97 Å². The molecule has 7 heteroatoms. The zero-order valence-electron chi connectivity index (χ0n) is 12.4. The number of carboxylic acids is 1. The lowest BCUT2D eigenvalue weighted by molar-refractivity contribution is -0.142. The second-order valence-corrected chi connectivity index (χ2v) is 7.26. The summed E-state index contributed by atoms with van der Waals surface area (Å²) in [6, 6.07) is 5.93. The van der Waals surface area contributed by atoms with Gasteiger partial charge in [0.25, 0.3) is 0 Å². The molecule has 1 unspecified atom stereocenters. The van der Waals surface area contributed by atoms with E-state index in [0.29, 0.717) is 12.8 Å². The average molecular weight is 385 g/mol. The number of halogens is 1. The molecule has 0 radical (unpaired) electrons. The van der Waals surface area contributed by atoms with Gasteiger partial charge in [-0.05, 0) is 18.2 Å². The minimum absolute atomic E-state index is 0.0615. The Balaban J connectivity index is 1.93. The Morgan fingerprint density at radius 2 is 2.18 bits per heavy atom. The van der Waals surface area contributed by atoms with Crippen molar-refractivity contribution in [3.8, 4) is 0 Å². The second-order valence-electron chi connectivity index (χ2n) is 5.23. The maximum Gasteiger partial charge on any atom is 0.308 e. The van der Waals surface area contributed by atoms with Crippen molar-refractivity contribution in [3.63, 3.8) is 0 Å². The Morgan fingerprint density at radius 1 is 1.45 bits per heavy atom. The number of aliphatic carboxylic acids is 1. The predicted molar refractivity (Wildman–Crippen MR) is 90.1 cm³/mol. The van der Waals surface area contributed by atoms with Crippen LogP contribution in [-0.4, -0.2) is 40.5 Å². The molecule has 1 aromatic carbocycles. The van der Waals surface area contributed by atoms with E-state index in [9.17, 15) is 9.59 Å². The number of amides is 1. The summed E-state index contributed by atoms with van der Waals surface area (Å²) in [5, 5.41) is 9.79. The largest absolute Gasteiger partial charge is 0.481 e. The Kier molecular flexibility index (Phi) is 5.52. The monoisotopic (exact) mass is 384 g/mol. The fraction of sp³-hybridized carbons (Fsp3) is 0.400. The second kappa shape index (κ2) is 7.19. The third-order valence-corrected chi connectivity index (χ3v) is 4.93. The number of carbonyl (C=O) groups excluding carboxylic acids is 1.